The molecule has 0 aliphatic carbocycles. The van der Waals surface area contributed by atoms with Crippen LogP contribution in [-0.4, -0.2) is 52.3 Å². The zero-order chi connectivity index (χ0) is 15.6. The Hall–Kier alpha value is -1.46. The van der Waals surface area contributed by atoms with Crippen LogP contribution < -0.4 is 0 Å². The smallest absolute Gasteiger partial charge is 0.160 e. The maximum Gasteiger partial charge on any atom is 0.160 e. The molecule has 2 aliphatic rings. The highest BCUT2D eigenvalue weighted by Crippen LogP contribution is 2.30. The maximum atomic E-state index is 5.68. The number of likely N-dealkylation sites (N-methyl/N-ethyl adjacent to an activating group) is 1. The van der Waals surface area contributed by atoms with Crippen molar-refractivity contribution in [2.24, 2.45) is 5.92 Å². The van der Waals surface area contributed by atoms with Crippen molar-refractivity contribution in [3.05, 3.63) is 24.2 Å². The molecule has 5 nitrogen and oxygen atoms in total. The number of hydrogen-bond donors (Lipinski definition) is 0. The SMILES string of the molecule is CCN1CCC(c2nc3cccnc3n2CC2CCCOC2)C1. The summed E-state index contributed by atoms with van der Waals surface area (Å²) in [5.74, 6) is 2.36. The first-order valence-electron chi connectivity index (χ1n) is 8.96. The lowest BCUT2D eigenvalue weighted by Crippen LogP contribution is -2.24. The lowest BCUT2D eigenvalue weighted by molar-refractivity contribution is 0.0483. The van der Waals surface area contributed by atoms with E-state index in [-0.39, 0.29) is 0 Å². The van der Waals surface area contributed by atoms with Gasteiger partial charge in [0.25, 0.3) is 0 Å². The third-order valence-electron chi connectivity index (χ3n) is 5.31. The molecule has 0 bridgehead atoms. The lowest BCUT2D eigenvalue weighted by Gasteiger charge is -2.24. The van der Waals surface area contributed by atoms with Crippen LogP contribution in [0.3, 0.4) is 0 Å². The fourth-order valence-corrected chi connectivity index (χ4v) is 4.01. The molecule has 5 heteroatoms. The Balaban J connectivity index is 1.66. The number of aromatic nitrogens is 3. The number of fused-ring (bicyclic) bond motifs is 1. The van der Waals surface area contributed by atoms with Crippen LogP contribution in [0.5, 0.6) is 0 Å². The van der Waals surface area contributed by atoms with Crippen LogP contribution in [0.25, 0.3) is 11.2 Å². The van der Waals surface area contributed by atoms with Gasteiger partial charge >= 0.3 is 0 Å². The molecule has 0 saturated carbocycles. The van der Waals surface area contributed by atoms with E-state index in [0.717, 1.165) is 44.0 Å². The highest BCUT2D eigenvalue weighted by Gasteiger charge is 2.29. The number of likely N-dealkylation sites (tertiary alicyclic amines) is 1. The van der Waals surface area contributed by atoms with Gasteiger partial charge in [0.1, 0.15) is 11.3 Å². The summed E-state index contributed by atoms with van der Waals surface area (Å²) in [7, 11) is 0. The Bertz CT molecular complexity index is 662. The zero-order valence-electron chi connectivity index (χ0n) is 13.9. The summed E-state index contributed by atoms with van der Waals surface area (Å²) in [5.41, 5.74) is 2.08. The second-order valence-corrected chi connectivity index (χ2v) is 6.89. The van der Waals surface area contributed by atoms with Gasteiger partial charge in [-0.25, -0.2) is 9.97 Å². The largest absolute Gasteiger partial charge is 0.381 e. The molecule has 2 aliphatic heterocycles. The molecule has 0 amide bonds. The van der Waals surface area contributed by atoms with Crippen LogP contribution in [-0.2, 0) is 11.3 Å². The Kier molecular flexibility index (Phi) is 4.31. The summed E-state index contributed by atoms with van der Waals surface area (Å²) in [5, 5.41) is 0. The van der Waals surface area contributed by atoms with Gasteiger partial charge in [0.15, 0.2) is 5.65 Å². The van der Waals surface area contributed by atoms with Crippen molar-refractivity contribution in [1.29, 1.82) is 0 Å². The summed E-state index contributed by atoms with van der Waals surface area (Å²) in [6.07, 6.45) is 5.51. The average Bonchev–Trinajstić information content (AvgIpc) is 3.21. The van der Waals surface area contributed by atoms with Gasteiger partial charge < -0.3 is 14.2 Å². The summed E-state index contributed by atoms with van der Waals surface area (Å²) in [6, 6.07) is 4.08. The molecule has 0 aromatic carbocycles. The monoisotopic (exact) mass is 314 g/mol. The van der Waals surface area contributed by atoms with E-state index in [1.807, 2.05) is 12.3 Å². The minimum atomic E-state index is 0.536. The normalized spacial score (nSPS) is 26.1. The number of ether oxygens (including phenoxy) is 1. The fraction of sp³-hybridized carbons (Fsp3) is 0.667. The molecule has 2 aromatic heterocycles. The van der Waals surface area contributed by atoms with Gasteiger partial charge in [0.2, 0.25) is 0 Å². The van der Waals surface area contributed by atoms with Crippen LogP contribution in [0.15, 0.2) is 18.3 Å². The van der Waals surface area contributed by atoms with Gasteiger partial charge in [-0.05, 0) is 44.5 Å². The third kappa shape index (κ3) is 3.00. The number of imidazole rings is 1. The molecule has 0 N–H and O–H groups in total. The van der Waals surface area contributed by atoms with Crippen molar-refractivity contribution in [1.82, 2.24) is 19.4 Å². The second kappa shape index (κ2) is 6.57. The minimum absolute atomic E-state index is 0.536. The van der Waals surface area contributed by atoms with Crippen molar-refractivity contribution in [2.45, 2.75) is 38.6 Å². The maximum absolute atomic E-state index is 5.68. The molecular formula is C18H26N4O. The Morgan fingerprint density at radius 2 is 2.30 bits per heavy atom. The van der Waals surface area contributed by atoms with E-state index >= 15 is 0 Å². The highest BCUT2D eigenvalue weighted by atomic mass is 16.5. The molecular weight excluding hydrogens is 288 g/mol. The van der Waals surface area contributed by atoms with Gasteiger partial charge in [-0.1, -0.05) is 6.92 Å². The van der Waals surface area contributed by atoms with Crippen molar-refractivity contribution in [3.63, 3.8) is 0 Å². The van der Waals surface area contributed by atoms with Crippen molar-refractivity contribution < 1.29 is 4.74 Å². The van der Waals surface area contributed by atoms with E-state index in [9.17, 15) is 0 Å². The van der Waals surface area contributed by atoms with Gasteiger partial charge in [0, 0.05) is 37.7 Å². The predicted molar refractivity (Wildman–Crippen MR) is 90.5 cm³/mol. The quantitative estimate of drug-likeness (QED) is 0.870. The summed E-state index contributed by atoms with van der Waals surface area (Å²) < 4.78 is 8.07. The average molecular weight is 314 g/mol. The molecule has 0 spiro atoms. The van der Waals surface area contributed by atoms with E-state index in [0.29, 0.717) is 11.8 Å². The van der Waals surface area contributed by atoms with Gasteiger partial charge in [-0.3, -0.25) is 0 Å². The topological polar surface area (TPSA) is 43.2 Å². The van der Waals surface area contributed by atoms with Crippen molar-refractivity contribution in [2.75, 3.05) is 32.8 Å². The minimum Gasteiger partial charge on any atom is -0.381 e. The number of nitrogens with zero attached hydrogens (tertiary/aromatic N) is 4. The van der Waals surface area contributed by atoms with Gasteiger partial charge in [-0.2, -0.15) is 0 Å². The van der Waals surface area contributed by atoms with Crippen molar-refractivity contribution in [3.8, 4) is 0 Å². The Morgan fingerprint density at radius 3 is 3.09 bits per heavy atom. The standard InChI is InChI=1S/C18H26N4O/c1-2-21-9-7-15(12-21)17-20-16-6-3-8-19-18(16)22(17)11-14-5-4-10-23-13-14/h3,6,8,14-15H,2,4-5,7,9-13H2,1H3. The van der Waals surface area contributed by atoms with Gasteiger partial charge in [0.05, 0.1) is 6.61 Å². The van der Waals surface area contributed by atoms with E-state index in [1.165, 1.54) is 31.6 Å². The molecule has 23 heavy (non-hydrogen) atoms. The van der Waals surface area contributed by atoms with Crippen LogP contribution in [0.1, 0.15) is 37.9 Å². The van der Waals surface area contributed by atoms with Gasteiger partial charge in [-0.15, -0.1) is 0 Å². The first-order chi connectivity index (χ1) is 11.3. The van der Waals surface area contributed by atoms with Crippen LogP contribution in [0.2, 0.25) is 0 Å². The molecule has 124 valence electrons. The predicted octanol–water partition coefficient (Wildman–Crippen LogP) is 2.67. The highest BCUT2D eigenvalue weighted by molar-refractivity contribution is 5.71. The summed E-state index contributed by atoms with van der Waals surface area (Å²) in [6.45, 7) is 8.46. The third-order valence-corrected chi connectivity index (χ3v) is 5.31. The molecule has 2 atom stereocenters. The van der Waals surface area contributed by atoms with Crippen LogP contribution >= 0.6 is 0 Å². The van der Waals surface area contributed by atoms with E-state index in [2.05, 4.69) is 27.4 Å². The van der Waals surface area contributed by atoms with Crippen LogP contribution in [0, 0.1) is 5.92 Å². The Morgan fingerprint density at radius 1 is 1.35 bits per heavy atom. The molecule has 2 saturated heterocycles. The second-order valence-electron chi connectivity index (χ2n) is 6.89. The molecule has 4 rings (SSSR count). The molecule has 0 radical (unpaired) electrons. The van der Waals surface area contributed by atoms with E-state index in [4.69, 9.17) is 9.72 Å². The van der Waals surface area contributed by atoms with Crippen molar-refractivity contribution >= 4 is 11.2 Å². The van der Waals surface area contributed by atoms with E-state index < -0.39 is 0 Å². The molecule has 4 heterocycles. The first-order valence-corrected chi connectivity index (χ1v) is 8.96. The molecule has 2 fully saturated rings. The fourth-order valence-electron chi connectivity index (χ4n) is 4.01. The van der Waals surface area contributed by atoms with E-state index in [1.54, 1.807) is 0 Å². The number of pyridine rings is 1. The number of hydrogen-bond acceptors (Lipinski definition) is 4. The summed E-state index contributed by atoms with van der Waals surface area (Å²) >= 11 is 0. The zero-order valence-corrected chi connectivity index (χ0v) is 13.9. The molecule has 2 unspecified atom stereocenters. The van der Waals surface area contributed by atoms with Crippen LogP contribution in [0.4, 0.5) is 0 Å². The Labute approximate surface area is 137 Å². The summed E-state index contributed by atoms with van der Waals surface area (Å²) in [4.78, 5) is 12.1. The molecule has 2 aromatic rings. The number of rotatable bonds is 4. The lowest BCUT2D eigenvalue weighted by atomic mass is 10.0. The first kappa shape index (κ1) is 15.1.